The Hall–Kier alpha value is -0.830. The summed E-state index contributed by atoms with van der Waals surface area (Å²) in [5.41, 5.74) is 2.64. The smallest absolute Gasteiger partial charge is 0.0624 e. The first-order chi connectivity index (χ1) is 10.2. The summed E-state index contributed by atoms with van der Waals surface area (Å²) in [4.78, 5) is 0. The highest BCUT2D eigenvalue weighted by atomic mass is 15.3. The Labute approximate surface area is 130 Å². The maximum Gasteiger partial charge on any atom is 0.0624 e. The molecule has 120 valence electrons. The van der Waals surface area contributed by atoms with Crippen molar-refractivity contribution < 1.29 is 0 Å². The third-order valence-corrected chi connectivity index (χ3v) is 5.19. The summed E-state index contributed by atoms with van der Waals surface area (Å²) in [6.45, 7) is 7.95. The average Bonchev–Trinajstić information content (AvgIpc) is 2.86. The molecule has 0 saturated heterocycles. The van der Waals surface area contributed by atoms with Crippen LogP contribution in [0.25, 0.3) is 0 Å². The number of hydrogen-bond donors (Lipinski definition) is 1. The Morgan fingerprint density at radius 1 is 1.29 bits per heavy atom. The van der Waals surface area contributed by atoms with E-state index >= 15 is 0 Å². The Kier molecular flexibility index (Phi) is 6.28. The minimum absolute atomic E-state index is 0.702. The van der Waals surface area contributed by atoms with E-state index in [-0.39, 0.29) is 0 Å². The molecule has 1 aliphatic carbocycles. The van der Waals surface area contributed by atoms with Gasteiger partial charge < -0.3 is 5.32 Å². The van der Waals surface area contributed by atoms with E-state index in [9.17, 15) is 0 Å². The van der Waals surface area contributed by atoms with E-state index in [4.69, 9.17) is 0 Å². The molecule has 1 aromatic rings. The molecule has 3 heteroatoms. The first kappa shape index (κ1) is 16.5. The second-order valence-electron chi connectivity index (χ2n) is 6.72. The number of rotatable bonds is 7. The maximum atomic E-state index is 4.62. The van der Waals surface area contributed by atoms with Crippen LogP contribution in [-0.4, -0.2) is 22.4 Å². The lowest BCUT2D eigenvalue weighted by molar-refractivity contribution is 0.196. The van der Waals surface area contributed by atoms with Crippen LogP contribution in [0.15, 0.2) is 6.07 Å². The SMILES string of the molecule is CCCNC1CCC(CC)CC1Cc1cc(CC)nn1C. The molecular formula is C18H33N3. The third-order valence-electron chi connectivity index (χ3n) is 5.19. The van der Waals surface area contributed by atoms with Gasteiger partial charge in [-0.25, -0.2) is 0 Å². The molecule has 21 heavy (non-hydrogen) atoms. The molecule has 2 rings (SSSR count). The third kappa shape index (κ3) is 4.32. The van der Waals surface area contributed by atoms with E-state index in [0.29, 0.717) is 6.04 Å². The predicted octanol–water partition coefficient (Wildman–Crippen LogP) is 3.72. The second kappa shape index (κ2) is 7.98. The normalized spacial score (nSPS) is 26.2. The molecule has 0 bridgehead atoms. The summed E-state index contributed by atoms with van der Waals surface area (Å²) in [6.07, 6.45) is 8.91. The van der Waals surface area contributed by atoms with Gasteiger partial charge in [0.05, 0.1) is 5.69 Å². The number of aromatic nitrogens is 2. The van der Waals surface area contributed by atoms with Crippen LogP contribution in [0, 0.1) is 11.8 Å². The summed E-state index contributed by atoms with van der Waals surface area (Å²) in [5, 5.41) is 8.41. The maximum absolute atomic E-state index is 4.62. The number of aryl methyl sites for hydroxylation is 2. The van der Waals surface area contributed by atoms with Crippen molar-refractivity contribution in [3.8, 4) is 0 Å². The summed E-state index contributed by atoms with van der Waals surface area (Å²) in [7, 11) is 2.10. The van der Waals surface area contributed by atoms with Gasteiger partial charge in [0.25, 0.3) is 0 Å². The zero-order valence-corrected chi connectivity index (χ0v) is 14.4. The van der Waals surface area contributed by atoms with Crippen molar-refractivity contribution in [1.82, 2.24) is 15.1 Å². The standard InChI is InChI=1S/C18H33N3/c1-5-10-19-18-9-8-14(6-2)11-15(18)12-17-13-16(7-3)20-21(17)4/h13-15,18-19H,5-12H2,1-4H3. The van der Waals surface area contributed by atoms with E-state index in [0.717, 1.165) is 24.8 Å². The van der Waals surface area contributed by atoms with Crippen LogP contribution in [-0.2, 0) is 19.9 Å². The van der Waals surface area contributed by atoms with Crippen LogP contribution >= 0.6 is 0 Å². The molecule has 3 nitrogen and oxygen atoms in total. The van der Waals surface area contributed by atoms with Gasteiger partial charge >= 0.3 is 0 Å². The molecule has 0 amide bonds. The Morgan fingerprint density at radius 2 is 2.10 bits per heavy atom. The molecular weight excluding hydrogens is 258 g/mol. The average molecular weight is 291 g/mol. The van der Waals surface area contributed by atoms with Crippen molar-refractivity contribution in [3.05, 3.63) is 17.5 Å². The van der Waals surface area contributed by atoms with Crippen molar-refractivity contribution in [2.45, 2.75) is 71.8 Å². The minimum atomic E-state index is 0.702. The highest BCUT2D eigenvalue weighted by Crippen LogP contribution is 2.33. The summed E-state index contributed by atoms with van der Waals surface area (Å²) < 4.78 is 2.10. The zero-order valence-electron chi connectivity index (χ0n) is 14.4. The van der Waals surface area contributed by atoms with Gasteiger partial charge in [-0.2, -0.15) is 5.10 Å². The molecule has 1 heterocycles. The lowest BCUT2D eigenvalue weighted by atomic mass is 9.75. The Bertz CT molecular complexity index is 424. The van der Waals surface area contributed by atoms with Crippen molar-refractivity contribution in [1.29, 1.82) is 0 Å². The zero-order chi connectivity index (χ0) is 15.2. The topological polar surface area (TPSA) is 29.9 Å². The molecule has 0 spiro atoms. The first-order valence-corrected chi connectivity index (χ1v) is 8.93. The van der Waals surface area contributed by atoms with Crippen molar-refractivity contribution in [3.63, 3.8) is 0 Å². The Morgan fingerprint density at radius 3 is 2.71 bits per heavy atom. The number of nitrogens with one attached hydrogen (secondary N) is 1. The predicted molar refractivity (Wildman–Crippen MR) is 89.5 cm³/mol. The monoisotopic (exact) mass is 291 g/mol. The van der Waals surface area contributed by atoms with Crippen molar-refractivity contribution in [2.24, 2.45) is 18.9 Å². The molecule has 1 aromatic heterocycles. The molecule has 1 fully saturated rings. The fraction of sp³-hybridized carbons (Fsp3) is 0.833. The molecule has 0 radical (unpaired) electrons. The molecule has 1 N–H and O–H groups in total. The summed E-state index contributed by atoms with van der Waals surface area (Å²) in [5.74, 6) is 1.70. The van der Waals surface area contributed by atoms with E-state index in [1.54, 1.807) is 0 Å². The van der Waals surface area contributed by atoms with E-state index in [1.807, 2.05) is 0 Å². The van der Waals surface area contributed by atoms with Gasteiger partial charge in [-0.15, -0.1) is 0 Å². The van der Waals surface area contributed by atoms with Crippen LogP contribution < -0.4 is 5.32 Å². The van der Waals surface area contributed by atoms with Gasteiger partial charge in [0, 0.05) is 18.8 Å². The summed E-state index contributed by atoms with van der Waals surface area (Å²) >= 11 is 0. The highest BCUT2D eigenvalue weighted by molar-refractivity contribution is 5.11. The molecule has 3 atom stereocenters. The quantitative estimate of drug-likeness (QED) is 0.830. The van der Waals surface area contributed by atoms with Crippen molar-refractivity contribution in [2.75, 3.05) is 6.54 Å². The largest absolute Gasteiger partial charge is 0.314 e. The second-order valence-corrected chi connectivity index (χ2v) is 6.72. The Balaban J connectivity index is 2.05. The van der Waals surface area contributed by atoms with Crippen LogP contribution in [0.4, 0.5) is 0 Å². The van der Waals surface area contributed by atoms with Gasteiger partial charge in [0.2, 0.25) is 0 Å². The molecule has 1 saturated carbocycles. The minimum Gasteiger partial charge on any atom is -0.314 e. The molecule has 3 unspecified atom stereocenters. The fourth-order valence-corrected chi connectivity index (χ4v) is 3.76. The first-order valence-electron chi connectivity index (χ1n) is 8.93. The van der Waals surface area contributed by atoms with Gasteiger partial charge in [-0.3, -0.25) is 4.68 Å². The molecule has 0 aliphatic heterocycles. The van der Waals surface area contributed by atoms with Crippen molar-refractivity contribution >= 4 is 0 Å². The van der Waals surface area contributed by atoms with E-state index in [1.165, 1.54) is 49.9 Å². The van der Waals surface area contributed by atoms with Gasteiger partial charge in [-0.05, 0) is 63.0 Å². The fourth-order valence-electron chi connectivity index (χ4n) is 3.76. The lowest BCUT2D eigenvalue weighted by Gasteiger charge is -2.36. The van der Waals surface area contributed by atoms with Crippen LogP contribution in [0.1, 0.15) is 64.3 Å². The lowest BCUT2D eigenvalue weighted by Crippen LogP contribution is -2.42. The van der Waals surface area contributed by atoms with Gasteiger partial charge in [0.15, 0.2) is 0 Å². The highest BCUT2D eigenvalue weighted by Gasteiger charge is 2.30. The van der Waals surface area contributed by atoms with Crippen LogP contribution in [0.2, 0.25) is 0 Å². The van der Waals surface area contributed by atoms with E-state index in [2.05, 4.69) is 49.0 Å². The molecule has 0 aromatic carbocycles. The number of hydrogen-bond acceptors (Lipinski definition) is 2. The summed E-state index contributed by atoms with van der Waals surface area (Å²) in [6, 6.07) is 3.01. The van der Waals surface area contributed by atoms with E-state index < -0.39 is 0 Å². The molecule has 1 aliphatic rings. The van der Waals surface area contributed by atoms with Gasteiger partial charge in [-0.1, -0.05) is 27.2 Å². The van der Waals surface area contributed by atoms with Crippen LogP contribution in [0.5, 0.6) is 0 Å². The number of nitrogens with zero attached hydrogens (tertiary/aromatic N) is 2. The van der Waals surface area contributed by atoms with Crippen LogP contribution in [0.3, 0.4) is 0 Å². The van der Waals surface area contributed by atoms with Gasteiger partial charge in [0.1, 0.15) is 0 Å².